The predicted octanol–water partition coefficient (Wildman–Crippen LogP) is 11.8. The number of nitrogens with one attached hydrogen (secondary N) is 1. The Morgan fingerprint density at radius 3 is 1.79 bits per heavy atom. The number of aliphatic hydroxyl groups excluding tert-OH is 1. The van der Waals surface area contributed by atoms with E-state index in [0.717, 1.165) is 12.1 Å². The zero-order chi connectivity index (χ0) is 38.0. The summed E-state index contributed by atoms with van der Waals surface area (Å²) in [4.78, 5) is 8.77. The molecule has 2 aromatic heterocycles. The fraction of sp³-hybridized carbons (Fsp3) is 0.128. The van der Waals surface area contributed by atoms with Crippen LogP contribution in [-0.4, -0.2) is 15.1 Å². The summed E-state index contributed by atoms with van der Waals surface area (Å²) in [5.41, 5.74) is 8.66. The van der Waals surface area contributed by atoms with Crippen molar-refractivity contribution in [1.82, 2.24) is 9.97 Å². The van der Waals surface area contributed by atoms with Crippen molar-refractivity contribution in [2.75, 3.05) is 11.1 Å². The molecule has 7 nitrogen and oxygen atoms in total. The summed E-state index contributed by atoms with van der Waals surface area (Å²) in [6.45, 7) is 3.25. The molecule has 0 radical (unpaired) electrons. The van der Waals surface area contributed by atoms with E-state index in [0.29, 0.717) is 22.3 Å². The average molecular weight is 800 g/mol. The first kappa shape index (κ1) is 38.0. The molecule has 6 aromatic rings. The molecule has 14 heteroatoms. The Balaban J connectivity index is 1.34. The van der Waals surface area contributed by atoms with Crippen molar-refractivity contribution < 1.29 is 27.8 Å². The number of rotatable bonds is 11. The molecule has 0 fully saturated rings. The van der Waals surface area contributed by atoms with E-state index >= 15 is 0 Å². The zero-order valence-corrected chi connectivity index (χ0v) is 30.9. The summed E-state index contributed by atoms with van der Waals surface area (Å²) in [5.74, 6) is -1.47. The van der Waals surface area contributed by atoms with Crippen LogP contribution in [-0.2, 0) is 0 Å². The molecule has 4 aromatic carbocycles. The van der Waals surface area contributed by atoms with Gasteiger partial charge in [0.2, 0.25) is 0 Å². The van der Waals surface area contributed by atoms with Gasteiger partial charge in [0.1, 0.15) is 29.7 Å². The van der Waals surface area contributed by atoms with E-state index in [-0.39, 0.29) is 59.9 Å². The van der Waals surface area contributed by atoms with E-state index in [4.69, 9.17) is 61.6 Å². The highest BCUT2D eigenvalue weighted by Crippen LogP contribution is 2.41. The summed E-state index contributed by atoms with van der Waals surface area (Å²) < 4.78 is 55.9. The van der Waals surface area contributed by atoms with Gasteiger partial charge in [-0.15, -0.1) is 0 Å². The van der Waals surface area contributed by atoms with E-state index in [2.05, 4.69) is 15.3 Å². The second kappa shape index (κ2) is 16.1. The maximum Gasteiger partial charge on any atom is 0.171 e. The summed E-state index contributed by atoms with van der Waals surface area (Å²) in [5, 5.41) is 14.6. The van der Waals surface area contributed by atoms with Gasteiger partial charge in [0, 0.05) is 55.8 Å². The summed E-state index contributed by atoms with van der Waals surface area (Å²) >= 11 is 25.2. The van der Waals surface area contributed by atoms with Gasteiger partial charge >= 0.3 is 0 Å². The van der Waals surface area contributed by atoms with Crippen LogP contribution >= 0.6 is 46.4 Å². The van der Waals surface area contributed by atoms with E-state index in [1.165, 1.54) is 36.7 Å². The molecule has 272 valence electrons. The zero-order valence-electron chi connectivity index (χ0n) is 27.9. The van der Waals surface area contributed by atoms with Crippen LogP contribution in [0.1, 0.15) is 49.0 Å². The minimum atomic E-state index is -1.40. The molecule has 0 aliphatic heterocycles. The van der Waals surface area contributed by atoms with Gasteiger partial charge in [-0.05, 0) is 61.9 Å². The molecule has 0 saturated heterocycles. The number of benzene rings is 4. The third kappa shape index (κ3) is 8.12. The Hall–Kier alpha value is -4.71. The standard InChI is InChI=1S/C39H29Cl4F3N4O3/c1-19(33-26(40)11-13-29(45)35(33)42)52-31-15-21(17-48-37(31)47)23-7-3-4-9-25(23)39(51)50-38-32(16-22(18-49-38)24-8-5-6-10-28(24)44)53-20(2)34-27(41)12-14-30(46)36(34)43/h3-20,39,51H,1-2H3,(H2,47,48)(H,49,50). The third-order valence-electron chi connectivity index (χ3n) is 8.34. The van der Waals surface area contributed by atoms with Gasteiger partial charge in [-0.3, -0.25) is 0 Å². The molecule has 0 bridgehead atoms. The molecular formula is C39H29Cl4F3N4O3. The van der Waals surface area contributed by atoms with Gasteiger partial charge in [0.25, 0.3) is 0 Å². The monoisotopic (exact) mass is 798 g/mol. The maximum atomic E-state index is 14.8. The van der Waals surface area contributed by atoms with Crippen molar-refractivity contribution >= 4 is 58.0 Å². The number of hydrogen-bond donors (Lipinski definition) is 3. The molecule has 3 atom stereocenters. The largest absolute Gasteiger partial charge is 0.482 e. The van der Waals surface area contributed by atoms with Crippen LogP contribution in [0.5, 0.6) is 11.5 Å². The molecule has 4 N–H and O–H groups in total. The van der Waals surface area contributed by atoms with Crippen molar-refractivity contribution in [1.29, 1.82) is 0 Å². The minimum Gasteiger partial charge on any atom is -0.482 e. The Kier molecular flexibility index (Phi) is 11.6. The predicted molar refractivity (Wildman–Crippen MR) is 203 cm³/mol. The first-order chi connectivity index (χ1) is 25.3. The number of pyridine rings is 2. The first-order valence-corrected chi connectivity index (χ1v) is 17.5. The molecule has 0 aliphatic rings. The lowest BCUT2D eigenvalue weighted by Crippen LogP contribution is -2.14. The minimum absolute atomic E-state index is 0.0500. The van der Waals surface area contributed by atoms with Crippen LogP contribution in [0.2, 0.25) is 20.1 Å². The molecule has 0 amide bonds. The van der Waals surface area contributed by atoms with Crippen molar-refractivity contribution in [3.8, 4) is 33.8 Å². The van der Waals surface area contributed by atoms with Crippen molar-refractivity contribution in [2.45, 2.75) is 32.3 Å². The fourth-order valence-corrected chi connectivity index (χ4v) is 7.07. The second-order valence-corrected chi connectivity index (χ2v) is 13.4. The second-order valence-electron chi connectivity index (χ2n) is 11.8. The quantitative estimate of drug-likeness (QED) is 0.0886. The third-order valence-corrected chi connectivity index (χ3v) is 9.77. The van der Waals surface area contributed by atoms with Gasteiger partial charge in [0.05, 0.1) is 10.0 Å². The number of nitrogens with two attached hydrogens (primary N) is 1. The lowest BCUT2D eigenvalue weighted by Gasteiger charge is -2.23. The van der Waals surface area contributed by atoms with Crippen LogP contribution in [0, 0.1) is 17.5 Å². The van der Waals surface area contributed by atoms with Crippen LogP contribution in [0.15, 0.2) is 97.3 Å². The number of anilines is 2. The molecular weight excluding hydrogens is 771 g/mol. The highest BCUT2D eigenvalue weighted by molar-refractivity contribution is 6.36. The van der Waals surface area contributed by atoms with Crippen LogP contribution in [0.3, 0.4) is 0 Å². The highest BCUT2D eigenvalue weighted by Gasteiger charge is 2.24. The number of halogens is 7. The van der Waals surface area contributed by atoms with Gasteiger partial charge in [0.15, 0.2) is 29.4 Å². The maximum absolute atomic E-state index is 14.8. The summed E-state index contributed by atoms with van der Waals surface area (Å²) in [6, 6.07) is 21.3. The normalized spacial score (nSPS) is 12.9. The van der Waals surface area contributed by atoms with Crippen molar-refractivity contribution in [3.05, 3.63) is 152 Å². The molecule has 3 unspecified atom stereocenters. The Morgan fingerprint density at radius 2 is 1.17 bits per heavy atom. The van der Waals surface area contributed by atoms with Gasteiger partial charge < -0.3 is 25.6 Å². The smallest absolute Gasteiger partial charge is 0.171 e. The van der Waals surface area contributed by atoms with E-state index in [1.54, 1.807) is 62.4 Å². The number of ether oxygens (including phenoxy) is 2. The van der Waals surface area contributed by atoms with E-state index in [1.807, 2.05) is 0 Å². The highest BCUT2D eigenvalue weighted by atomic mass is 35.5. The van der Waals surface area contributed by atoms with Crippen LogP contribution < -0.4 is 20.5 Å². The lowest BCUT2D eigenvalue weighted by atomic mass is 9.99. The number of hydrogen-bond acceptors (Lipinski definition) is 7. The Bertz CT molecular complexity index is 2320. The average Bonchev–Trinajstić information content (AvgIpc) is 3.13. The summed E-state index contributed by atoms with van der Waals surface area (Å²) in [6.07, 6.45) is -0.200. The lowest BCUT2D eigenvalue weighted by molar-refractivity contribution is 0.203. The molecule has 0 saturated carbocycles. The van der Waals surface area contributed by atoms with E-state index in [9.17, 15) is 18.3 Å². The van der Waals surface area contributed by atoms with Gasteiger partial charge in [-0.2, -0.15) is 0 Å². The molecule has 53 heavy (non-hydrogen) atoms. The van der Waals surface area contributed by atoms with Crippen molar-refractivity contribution in [2.24, 2.45) is 0 Å². The van der Waals surface area contributed by atoms with Gasteiger partial charge in [-0.1, -0.05) is 88.9 Å². The van der Waals surface area contributed by atoms with Crippen LogP contribution in [0.4, 0.5) is 24.8 Å². The fourth-order valence-electron chi connectivity index (χ4n) is 5.72. The van der Waals surface area contributed by atoms with Gasteiger partial charge in [-0.25, -0.2) is 23.1 Å². The number of nitrogens with zero attached hydrogens (tertiary/aromatic N) is 2. The number of aromatic nitrogens is 2. The number of nitrogen functional groups attached to an aromatic ring is 1. The van der Waals surface area contributed by atoms with Crippen LogP contribution in [0.25, 0.3) is 22.3 Å². The Morgan fingerprint density at radius 1 is 0.660 bits per heavy atom. The first-order valence-electron chi connectivity index (χ1n) is 16.0. The summed E-state index contributed by atoms with van der Waals surface area (Å²) in [7, 11) is 0. The number of aliphatic hydroxyl groups is 1. The SMILES string of the molecule is CC(Oc1cc(-c2ccccc2C(O)Nc2ncc(-c3ccccc3F)cc2OC(C)c2c(Cl)ccc(F)c2Cl)cnc1N)c1c(Cl)ccc(F)c1Cl. The van der Waals surface area contributed by atoms with E-state index < -0.39 is 35.9 Å². The molecule has 6 rings (SSSR count). The molecule has 0 spiro atoms. The molecule has 2 heterocycles. The van der Waals surface area contributed by atoms with Crippen molar-refractivity contribution in [3.63, 3.8) is 0 Å². The topological polar surface area (TPSA) is 103 Å². The molecule has 0 aliphatic carbocycles. The Labute approximate surface area is 323 Å².